The first kappa shape index (κ1) is 16.7. The third-order valence-corrected chi connectivity index (χ3v) is 4.53. The number of carbonyl (C=O) groups is 2. The van der Waals surface area contributed by atoms with Crippen LogP contribution in [0.1, 0.15) is 0 Å². The topological polar surface area (TPSA) is 110 Å². The van der Waals surface area contributed by atoms with E-state index in [1.165, 1.54) is 23.5 Å². The summed E-state index contributed by atoms with van der Waals surface area (Å²) in [6.07, 6.45) is 0. The maximum atomic E-state index is 12.7. The lowest BCUT2D eigenvalue weighted by Gasteiger charge is -2.11. The van der Waals surface area contributed by atoms with E-state index in [1.54, 1.807) is 24.3 Å². The van der Waals surface area contributed by atoms with Gasteiger partial charge in [0.05, 0.1) is 4.70 Å². The molecule has 2 aromatic carbocycles. The Morgan fingerprint density at radius 1 is 0.960 bits per heavy atom. The summed E-state index contributed by atoms with van der Waals surface area (Å²) in [6.45, 7) is -1.18. The summed E-state index contributed by atoms with van der Waals surface area (Å²) in [5, 5.41) is 18.4. The number of hydrogen-bond donors (Lipinski definition) is 2. The van der Waals surface area contributed by atoms with Crippen molar-refractivity contribution in [1.29, 1.82) is 0 Å². The minimum absolute atomic E-state index is 0.120. The van der Waals surface area contributed by atoms with E-state index in [9.17, 15) is 14.4 Å². The van der Waals surface area contributed by atoms with Gasteiger partial charge in [-0.3, -0.25) is 4.79 Å². The van der Waals surface area contributed by atoms with Crippen molar-refractivity contribution in [3.05, 3.63) is 46.6 Å². The van der Waals surface area contributed by atoms with Crippen molar-refractivity contribution in [3.63, 3.8) is 0 Å². The fourth-order valence-corrected chi connectivity index (χ4v) is 3.44. The van der Waals surface area contributed by atoms with Crippen molar-refractivity contribution < 1.29 is 29.3 Å². The largest absolute Gasteiger partial charge is 0.482 e. The molecule has 0 unspecified atom stereocenters. The van der Waals surface area contributed by atoms with Crippen molar-refractivity contribution in [1.82, 2.24) is 0 Å². The quantitative estimate of drug-likeness (QED) is 0.649. The number of benzene rings is 2. The second-order valence-corrected chi connectivity index (χ2v) is 6.14. The zero-order valence-electron chi connectivity index (χ0n) is 12.7. The van der Waals surface area contributed by atoms with Gasteiger partial charge in [0.2, 0.25) is 0 Å². The highest BCUT2D eigenvalue weighted by Gasteiger charge is 2.14. The number of hydrogen-bond acceptors (Lipinski definition) is 6. The molecule has 0 spiro atoms. The van der Waals surface area contributed by atoms with Gasteiger partial charge in [-0.1, -0.05) is 12.1 Å². The summed E-state index contributed by atoms with van der Waals surface area (Å²) >= 11 is 1.29. The molecule has 0 aliphatic heterocycles. The lowest BCUT2D eigenvalue weighted by Crippen LogP contribution is -2.12. The highest BCUT2D eigenvalue weighted by atomic mass is 32.1. The van der Waals surface area contributed by atoms with Gasteiger partial charge < -0.3 is 19.7 Å². The Kier molecular flexibility index (Phi) is 4.53. The van der Waals surface area contributed by atoms with E-state index in [0.717, 1.165) is 4.70 Å². The highest BCUT2D eigenvalue weighted by Crippen LogP contribution is 2.35. The van der Waals surface area contributed by atoms with Gasteiger partial charge in [0.25, 0.3) is 0 Å². The van der Waals surface area contributed by atoms with Crippen molar-refractivity contribution >= 4 is 43.4 Å². The minimum Gasteiger partial charge on any atom is -0.482 e. The standard InChI is InChI=1S/C17H12O7S/c18-14(19)7-23-9-5-11-16(22)10-3-1-2-4-13(10)25-17(11)12(6-9)24-8-15(20)21/h1-6H,7-8H2,(H,18,19)(H,20,21). The molecule has 0 amide bonds. The molecule has 0 aliphatic rings. The molecule has 128 valence electrons. The zero-order chi connectivity index (χ0) is 18.0. The lowest BCUT2D eigenvalue weighted by atomic mass is 10.1. The van der Waals surface area contributed by atoms with Crippen molar-refractivity contribution in [3.8, 4) is 11.5 Å². The summed E-state index contributed by atoms with van der Waals surface area (Å²) in [5.74, 6) is -2.06. The number of fused-ring (bicyclic) bond motifs is 2. The number of ether oxygens (including phenoxy) is 2. The van der Waals surface area contributed by atoms with E-state index in [-0.39, 0.29) is 22.3 Å². The molecule has 0 saturated heterocycles. The molecule has 25 heavy (non-hydrogen) atoms. The predicted octanol–water partition coefficient (Wildman–Crippen LogP) is 2.34. The van der Waals surface area contributed by atoms with Crippen LogP contribution in [-0.2, 0) is 9.59 Å². The van der Waals surface area contributed by atoms with E-state index in [2.05, 4.69) is 0 Å². The van der Waals surface area contributed by atoms with Crippen LogP contribution in [0.3, 0.4) is 0 Å². The van der Waals surface area contributed by atoms with E-state index < -0.39 is 25.2 Å². The van der Waals surface area contributed by atoms with E-state index in [0.29, 0.717) is 10.1 Å². The summed E-state index contributed by atoms with van der Waals surface area (Å²) in [6, 6.07) is 9.85. The highest BCUT2D eigenvalue weighted by molar-refractivity contribution is 7.24. The van der Waals surface area contributed by atoms with Crippen LogP contribution in [0.4, 0.5) is 0 Å². The minimum atomic E-state index is -1.17. The van der Waals surface area contributed by atoms with Crippen LogP contribution in [0.5, 0.6) is 11.5 Å². The first-order valence-corrected chi connectivity index (χ1v) is 7.96. The number of carboxylic acids is 2. The maximum absolute atomic E-state index is 12.7. The normalized spacial score (nSPS) is 10.7. The third kappa shape index (κ3) is 3.53. The van der Waals surface area contributed by atoms with Gasteiger partial charge in [0, 0.05) is 21.5 Å². The summed E-state index contributed by atoms with van der Waals surface area (Å²) < 4.78 is 11.6. The summed E-state index contributed by atoms with van der Waals surface area (Å²) in [7, 11) is 0. The second kappa shape index (κ2) is 6.78. The molecule has 1 heterocycles. The lowest BCUT2D eigenvalue weighted by molar-refractivity contribution is -0.140. The molecule has 8 heteroatoms. The van der Waals surface area contributed by atoms with Crippen LogP contribution in [0, 0.1) is 0 Å². The molecule has 3 aromatic rings. The number of rotatable bonds is 6. The maximum Gasteiger partial charge on any atom is 0.341 e. The Labute approximate surface area is 144 Å². The molecule has 0 aliphatic carbocycles. The van der Waals surface area contributed by atoms with Gasteiger partial charge in [-0.15, -0.1) is 11.3 Å². The van der Waals surface area contributed by atoms with Gasteiger partial charge in [-0.25, -0.2) is 9.59 Å². The average molecular weight is 360 g/mol. The van der Waals surface area contributed by atoms with Crippen LogP contribution in [0.15, 0.2) is 41.2 Å². The van der Waals surface area contributed by atoms with E-state index >= 15 is 0 Å². The first-order valence-electron chi connectivity index (χ1n) is 7.14. The molecule has 0 radical (unpaired) electrons. The molecule has 7 nitrogen and oxygen atoms in total. The summed E-state index contributed by atoms with van der Waals surface area (Å²) in [4.78, 5) is 34.2. The fourth-order valence-electron chi connectivity index (χ4n) is 2.32. The zero-order valence-corrected chi connectivity index (χ0v) is 13.5. The van der Waals surface area contributed by atoms with Crippen molar-refractivity contribution in [2.45, 2.75) is 0 Å². The smallest absolute Gasteiger partial charge is 0.341 e. The molecule has 1 aromatic heterocycles. The molecule has 2 N–H and O–H groups in total. The Balaban J connectivity index is 2.22. The van der Waals surface area contributed by atoms with Crippen LogP contribution < -0.4 is 14.9 Å². The predicted molar refractivity (Wildman–Crippen MR) is 91.9 cm³/mol. The van der Waals surface area contributed by atoms with Crippen LogP contribution in [0.25, 0.3) is 20.2 Å². The molecule has 0 fully saturated rings. The van der Waals surface area contributed by atoms with Gasteiger partial charge in [0.15, 0.2) is 18.6 Å². The van der Waals surface area contributed by atoms with Gasteiger partial charge in [-0.05, 0) is 18.2 Å². The Hall–Kier alpha value is -3.13. The Bertz CT molecular complexity index is 1040. The molecule has 0 bridgehead atoms. The average Bonchev–Trinajstić information content (AvgIpc) is 2.58. The Morgan fingerprint density at radius 2 is 1.64 bits per heavy atom. The monoisotopic (exact) mass is 360 g/mol. The fraction of sp³-hybridized carbons (Fsp3) is 0.118. The number of aliphatic carboxylic acids is 2. The van der Waals surface area contributed by atoms with Crippen LogP contribution in [-0.4, -0.2) is 35.4 Å². The molecule has 3 rings (SSSR count). The van der Waals surface area contributed by atoms with Crippen LogP contribution >= 0.6 is 11.3 Å². The number of carboxylic acid groups (broad SMARTS) is 2. The van der Waals surface area contributed by atoms with Gasteiger partial charge in [-0.2, -0.15) is 0 Å². The second-order valence-electron chi connectivity index (χ2n) is 5.09. The molecule has 0 saturated carbocycles. The van der Waals surface area contributed by atoms with Crippen molar-refractivity contribution in [2.24, 2.45) is 0 Å². The third-order valence-electron chi connectivity index (χ3n) is 3.33. The summed E-state index contributed by atoms with van der Waals surface area (Å²) in [5.41, 5.74) is -0.259. The van der Waals surface area contributed by atoms with E-state index in [1.807, 2.05) is 0 Å². The van der Waals surface area contributed by atoms with Crippen LogP contribution in [0.2, 0.25) is 0 Å². The SMILES string of the molecule is O=C(O)COc1cc(OCC(=O)O)c2sc3ccccc3c(=O)c2c1. The molecular weight excluding hydrogens is 348 g/mol. The van der Waals surface area contributed by atoms with Crippen molar-refractivity contribution in [2.75, 3.05) is 13.2 Å². The van der Waals surface area contributed by atoms with E-state index in [4.69, 9.17) is 19.7 Å². The van der Waals surface area contributed by atoms with Gasteiger partial charge >= 0.3 is 11.9 Å². The first-order chi connectivity index (χ1) is 12.0. The molecule has 0 atom stereocenters. The molecular formula is C17H12O7S. The Morgan fingerprint density at radius 3 is 2.36 bits per heavy atom. The van der Waals surface area contributed by atoms with Gasteiger partial charge in [0.1, 0.15) is 11.5 Å².